The number of nitrogens with two attached hydrogens (primary N) is 1. The van der Waals surface area contributed by atoms with Crippen molar-refractivity contribution in [2.45, 2.75) is 28.2 Å². The highest BCUT2D eigenvalue weighted by Gasteiger charge is 2.50. The Bertz CT molecular complexity index is 1160. The molecule has 2 aromatic carbocycles. The van der Waals surface area contributed by atoms with Crippen LogP contribution in [-0.4, -0.2) is 40.2 Å². The summed E-state index contributed by atoms with van der Waals surface area (Å²) in [4.78, 5) is 12.0. The number of piperidine rings is 1. The average molecular weight is 422 g/mol. The van der Waals surface area contributed by atoms with Crippen LogP contribution in [0, 0.1) is 0 Å². The zero-order chi connectivity index (χ0) is 20.2. The number of hydrogen-bond donors (Lipinski definition) is 1. The van der Waals surface area contributed by atoms with Gasteiger partial charge in [0.1, 0.15) is 0 Å². The van der Waals surface area contributed by atoms with Gasteiger partial charge in [-0.3, -0.25) is 0 Å². The summed E-state index contributed by atoms with van der Waals surface area (Å²) in [6, 6.07) is 11.7. The van der Waals surface area contributed by atoms with Crippen LogP contribution in [0.3, 0.4) is 0 Å². The minimum absolute atomic E-state index is 0.00895. The quantitative estimate of drug-likeness (QED) is 0.741. The molecule has 2 N–H and O–H groups in total. The summed E-state index contributed by atoms with van der Waals surface area (Å²) in [6.07, 6.45) is 1.06. The fraction of sp³-hybridized carbons (Fsp3) is 0.278. The van der Waals surface area contributed by atoms with Crippen LogP contribution in [0.1, 0.15) is 28.8 Å². The number of ether oxygens (including phenoxy) is 1. The fourth-order valence-electron chi connectivity index (χ4n) is 3.79. The van der Waals surface area contributed by atoms with Crippen molar-refractivity contribution in [1.29, 1.82) is 0 Å². The van der Waals surface area contributed by atoms with Gasteiger partial charge in [-0.1, -0.05) is 18.2 Å². The predicted octanol–water partition coefficient (Wildman–Crippen LogP) is 1.18. The van der Waals surface area contributed by atoms with Gasteiger partial charge < -0.3 is 4.74 Å². The first-order valence-electron chi connectivity index (χ1n) is 8.59. The second-order valence-electron chi connectivity index (χ2n) is 6.89. The molecule has 0 radical (unpaired) electrons. The van der Waals surface area contributed by atoms with Crippen molar-refractivity contribution in [3.8, 4) is 0 Å². The molecule has 2 aliphatic heterocycles. The molecule has 0 aliphatic carbocycles. The normalized spacial score (nSPS) is 22.8. The van der Waals surface area contributed by atoms with Gasteiger partial charge in [0, 0.05) is 12.1 Å². The molecular weight excluding hydrogens is 404 g/mol. The zero-order valence-electron chi connectivity index (χ0n) is 14.7. The third-order valence-corrected chi connectivity index (χ3v) is 7.92. The number of hydrogen-bond acceptors (Lipinski definition) is 6. The van der Waals surface area contributed by atoms with Crippen LogP contribution in [0.25, 0.3) is 0 Å². The monoisotopic (exact) mass is 422 g/mol. The number of carbonyl (C=O) groups excluding carboxylic acids is 1. The summed E-state index contributed by atoms with van der Waals surface area (Å²) in [7, 11) is -7.82. The van der Waals surface area contributed by atoms with Gasteiger partial charge in [0.25, 0.3) is 0 Å². The lowest BCUT2D eigenvalue weighted by atomic mass is 9.86. The predicted molar refractivity (Wildman–Crippen MR) is 99.3 cm³/mol. The summed E-state index contributed by atoms with van der Waals surface area (Å²) < 4.78 is 55.9. The summed E-state index contributed by atoms with van der Waals surface area (Å²) in [5.74, 6) is -0.452. The van der Waals surface area contributed by atoms with Crippen molar-refractivity contribution < 1.29 is 26.4 Å². The lowest BCUT2D eigenvalue weighted by Crippen LogP contribution is -2.48. The Morgan fingerprint density at radius 2 is 1.61 bits per heavy atom. The largest absolute Gasteiger partial charge is 0.449 e. The van der Waals surface area contributed by atoms with Gasteiger partial charge in [-0.2, -0.15) is 4.31 Å². The van der Waals surface area contributed by atoms with Crippen molar-refractivity contribution >= 4 is 26.0 Å². The Morgan fingerprint density at radius 1 is 0.964 bits per heavy atom. The minimum atomic E-state index is -3.91. The van der Waals surface area contributed by atoms with E-state index in [0.717, 1.165) is 12.1 Å². The van der Waals surface area contributed by atoms with Gasteiger partial charge in [0.15, 0.2) is 5.60 Å². The molecule has 0 aromatic heterocycles. The Morgan fingerprint density at radius 3 is 2.29 bits per heavy atom. The Hall–Kier alpha value is -2.27. The smallest absolute Gasteiger partial charge is 0.339 e. The van der Waals surface area contributed by atoms with E-state index in [-0.39, 0.29) is 22.9 Å². The van der Waals surface area contributed by atoms with E-state index in [9.17, 15) is 21.6 Å². The number of primary sulfonamides is 1. The van der Waals surface area contributed by atoms with E-state index in [4.69, 9.17) is 9.88 Å². The molecule has 28 heavy (non-hydrogen) atoms. The van der Waals surface area contributed by atoms with Crippen LogP contribution >= 0.6 is 0 Å². The maximum atomic E-state index is 13.1. The molecule has 1 atom stereocenters. The first kappa shape index (κ1) is 19.1. The van der Waals surface area contributed by atoms with Crippen LogP contribution in [0.15, 0.2) is 58.3 Å². The van der Waals surface area contributed by atoms with E-state index in [1.54, 1.807) is 24.3 Å². The van der Waals surface area contributed by atoms with Crippen molar-refractivity contribution in [2.75, 3.05) is 13.1 Å². The van der Waals surface area contributed by atoms with Crippen LogP contribution in [0.2, 0.25) is 0 Å². The highest BCUT2D eigenvalue weighted by molar-refractivity contribution is 7.89. The second kappa shape index (κ2) is 6.38. The minimum Gasteiger partial charge on any atom is -0.449 e. The highest BCUT2D eigenvalue weighted by atomic mass is 32.2. The molecule has 2 aliphatic rings. The molecule has 2 heterocycles. The van der Waals surface area contributed by atoms with Gasteiger partial charge in [-0.25, -0.2) is 26.8 Å². The number of sulfonamides is 2. The summed E-state index contributed by atoms with van der Waals surface area (Å²) in [5.41, 5.74) is 0.156. The van der Waals surface area contributed by atoms with Crippen LogP contribution < -0.4 is 5.14 Å². The summed E-state index contributed by atoms with van der Waals surface area (Å²) in [5, 5.41) is 5.06. The maximum Gasteiger partial charge on any atom is 0.339 e. The zero-order valence-corrected chi connectivity index (χ0v) is 16.4. The Labute approximate surface area is 163 Å². The molecule has 1 fully saturated rings. The highest BCUT2D eigenvalue weighted by Crippen LogP contribution is 2.43. The van der Waals surface area contributed by atoms with E-state index in [1.807, 2.05) is 0 Å². The van der Waals surface area contributed by atoms with Crippen molar-refractivity contribution in [2.24, 2.45) is 5.14 Å². The third-order valence-electron chi connectivity index (χ3n) is 5.14. The van der Waals surface area contributed by atoms with E-state index < -0.39 is 31.6 Å². The molecule has 1 unspecified atom stereocenters. The van der Waals surface area contributed by atoms with Crippen molar-refractivity contribution in [3.05, 3.63) is 59.7 Å². The van der Waals surface area contributed by atoms with E-state index in [0.29, 0.717) is 24.0 Å². The number of rotatable bonds is 3. The molecular formula is C18H18N2O6S2. The molecule has 148 valence electrons. The standard InChI is InChI=1S/C18H18N2O6S2/c19-27(22,23)13-6-8-14(9-7-13)28(24,25)20-11-3-10-18(12-20)16-5-2-1-4-15(16)17(21)26-18/h1-2,4-9H,3,10-12H2,(H2,19,22,23). The molecule has 0 bridgehead atoms. The van der Waals surface area contributed by atoms with Gasteiger partial charge in [0.05, 0.1) is 21.9 Å². The van der Waals surface area contributed by atoms with Crippen molar-refractivity contribution in [1.82, 2.24) is 4.31 Å². The SMILES string of the molecule is NS(=O)(=O)c1ccc(S(=O)(=O)N2CCCC3(C2)OC(=O)c2ccccc23)cc1. The number of carbonyl (C=O) groups is 1. The number of benzene rings is 2. The molecule has 4 rings (SSSR count). The molecule has 0 amide bonds. The van der Waals surface area contributed by atoms with E-state index >= 15 is 0 Å². The lowest BCUT2D eigenvalue weighted by Gasteiger charge is -2.38. The van der Waals surface area contributed by atoms with Gasteiger partial charge in [0.2, 0.25) is 20.0 Å². The molecule has 1 saturated heterocycles. The second-order valence-corrected chi connectivity index (χ2v) is 10.4. The first-order valence-corrected chi connectivity index (χ1v) is 11.6. The first-order chi connectivity index (χ1) is 13.1. The van der Waals surface area contributed by atoms with Crippen LogP contribution in [-0.2, 0) is 30.4 Å². The topological polar surface area (TPSA) is 124 Å². The van der Waals surface area contributed by atoms with Crippen LogP contribution in [0.5, 0.6) is 0 Å². The maximum absolute atomic E-state index is 13.1. The summed E-state index contributed by atoms with van der Waals surface area (Å²) >= 11 is 0. The van der Waals surface area contributed by atoms with E-state index in [1.165, 1.54) is 16.4 Å². The molecule has 2 aromatic rings. The number of nitrogens with zero attached hydrogens (tertiary/aromatic N) is 1. The molecule has 8 nitrogen and oxygen atoms in total. The van der Waals surface area contributed by atoms with Gasteiger partial charge >= 0.3 is 5.97 Å². The van der Waals surface area contributed by atoms with Crippen LogP contribution in [0.4, 0.5) is 0 Å². The van der Waals surface area contributed by atoms with Crippen molar-refractivity contribution in [3.63, 3.8) is 0 Å². The molecule has 10 heteroatoms. The summed E-state index contributed by atoms with van der Waals surface area (Å²) in [6.45, 7) is 0.287. The number of esters is 1. The van der Waals surface area contributed by atoms with E-state index in [2.05, 4.69) is 0 Å². The van der Waals surface area contributed by atoms with Gasteiger partial charge in [-0.15, -0.1) is 0 Å². The Kier molecular flexibility index (Phi) is 4.34. The lowest BCUT2D eigenvalue weighted by molar-refractivity contribution is -0.0345. The molecule has 1 spiro atoms. The van der Waals surface area contributed by atoms with Gasteiger partial charge in [-0.05, 0) is 43.2 Å². The Balaban J connectivity index is 1.68. The average Bonchev–Trinajstić information content (AvgIpc) is 2.93. The molecule has 0 saturated carbocycles. The number of fused-ring (bicyclic) bond motifs is 2. The fourth-order valence-corrected chi connectivity index (χ4v) is 5.83. The third kappa shape index (κ3) is 3.02.